The fraction of sp³-hybridized carbons (Fsp3) is 0.231. The maximum atomic E-state index is 9.84. The minimum absolute atomic E-state index is 0.207. The highest BCUT2D eigenvalue weighted by Gasteiger charge is 2.16. The maximum Gasteiger partial charge on any atom is 0.231 e. The Morgan fingerprint density at radius 1 is 1.17 bits per heavy atom. The van der Waals surface area contributed by atoms with Gasteiger partial charge in [-0.2, -0.15) is 0 Å². The van der Waals surface area contributed by atoms with Gasteiger partial charge >= 0.3 is 0 Å². The van der Waals surface area contributed by atoms with Gasteiger partial charge in [0, 0.05) is 30.3 Å². The molecule has 18 heavy (non-hydrogen) atoms. The number of phenols is 1. The summed E-state index contributed by atoms with van der Waals surface area (Å²) in [5.41, 5.74) is 1.85. The highest BCUT2D eigenvalue weighted by molar-refractivity contribution is 5.51. The molecule has 0 saturated heterocycles. The van der Waals surface area contributed by atoms with Gasteiger partial charge < -0.3 is 24.3 Å². The van der Waals surface area contributed by atoms with Crippen LogP contribution < -0.4 is 14.8 Å². The highest BCUT2D eigenvalue weighted by atomic mass is 16.7. The predicted molar refractivity (Wildman–Crippen MR) is 63.5 cm³/mol. The first-order chi connectivity index (χ1) is 8.83. The van der Waals surface area contributed by atoms with E-state index in [1.54, 1.807) is 24.7 Å². The molecule has 1 aromatic heterocycles. The number of benzene rings is 1. The Bertz CT molecular complexity index is 536. The Morgan fingerprint density at radius 2 is 2.00 bits per heavy atom. The van der Waals surface area contributed by atoms with Gasteiger partial charge in [0.25, 0.3) is 0 Å². The molecule has 0 saturated carbocycles. The summed E-state index contributed by atoms with van der Waals surface area (Å²) in [4.78, 5) is 0. The van der Waals surface area contributed by atoms with Crippen molar-refractivity contribution in [2.45, 2.75) is 13.1 Å². The fourth-order valence-corrected chi connectivity index (χ4v) is 1.85. The van der Waals surface area contributed by atoms with Gasteiger partial charge in [0.05, 0.1) is 12.5 Å². The molecule has 2 heterocycles. The molecule has 0 radical (unpaired) electrons. The Balaban J connectivity index is 1.66. The first-order valence-electron chi connectivity index (χ1n) is 5.66. The second-order valence-corrected chi connectivity index (χ2v) is 4.07. The molecule has 1 aliphatic rings. The average Bonchev–Trinajstić information content (AvgIpc) is 3.00. The molecule has 0 fully saturated rings. The highest BCUT2D eigenvalue weighted by Crippen LogP contribution is 2.37. The van der Waals surface area contributed by atoms with Gasteiger partial charge in [-0.05, 0) is 12.1 Å². The number of furan rings is 1. The molecule has 0 unspecified atom stereocenters. The van der Waals surface area contributed by atoms with Crippen LogP contribution in [0, 0.1) is 0 Å². The van der Waals surface area contributed by atoms with E-state index in [0.717, 1.165) is 11.1 Å². The van der Waals surface area contributed by atoms with E-state index >= 15 is 0 Å². The maximum absolute atomic E-state index is 9.84. The molecule has 1 aromatic carbocycles. The van der Waals surface area contributed by atoms with Crippen molar-refractivity contribution < 1.29 is 19.0 Å². The second-order valence-electron chi connectivity index (χ2n) is 4.07. The summed E-state index contributed by atoms with van der Waals surface area (Å²) in [6, 6.07) is 5.27. The Labute approximate surface area is 104 Å². The summed E-state index contributed by atoms with van der Waals surface area (Å²) >= 11 is 0. The molecule has 2 N–H and O–H groups in total. The van der Waals surface area contributed by atoms with Crippen molar-refractivity contribution in [1.82, 2.24) is 5.32 Å². The monoisotopic (exact) mass is 247 g/mol. The molecule has 0 amide bonds. The predicted octanol–water partition coefficient (Wildman–Crippen LogP) is 2.00. The van der Waals surface area contributed by atoms with Crippen LogP contribution in [0.15, 0.2) is 35.1 Å². The average molecular weight is 247 g/mol. The number of ether oxygens (including phenoxy) is 2. The number of phenolic OH excluding ortho intramolecular Hbond substituents is 1. The number of hydrogen-bond donors (Lipinski definition) is 2. The Morgan fingerprint density at radius 3 is 2.78 bits per heavy atom. The van der Waals surface area contributed by atoms with E-state index in [9.17, 15) is 5.11 Å². The lowest BCUT2D eigenvalue weighted by Crippen LogP contribution is -2.12. The molecule has 0 aliphatic carbocycles. The van der Waals surface area contributed by atoms with E-state index < -0.39 is 0 Å². The van der Waals surface area contributed by atoms with Gasteiger partial charge in [0.2, 0.25) is 6.79 Å². The number of nitrogens with one attached hydrogen (secondary N) is 1. The van der Waals surface area contributed by atoms with Gasteiger partial charge in [-0.3, -0.25) is 0 Å². The second kappa shape index (κ2) is 4.62. The van der Waals surface area contributed by atoms with Crippen molar-refractivity contribution in [1.29, 1.82) is 0 Å². The molecule has 0 spiro atoms. The third kappa shape index (κ3) is 2.12. The summed E-state index contributed by atoms with van der Waals surface area (Å²) in [6.07, 6.45) is 3.32. The number of rotatable bonds is 4. The van der Waals surface area contributed by atoms with Gasteiger partial charge in [0.1, 0.15) is 5.75 Å². The Kier molecular flexibility index (Phi) is 2.82. The van der Waals surface area contributed by atoms with E-state index in [0.29, 0.717) is 24.6 Å². The molecular formula is C13H13NO4. The van der Waals surface area contributed by atoms with E-state index in [1.165, 1.54) is 0 Å². The van der Waals surface area contributed by atoms with Crippen molar-refractivity contribution in [2.24, 2.45) is 0 Å². The zero-order valence-corrected chi connectivity index (χ0v) is 9.68. The summed E-state index contributed by atoms with van der Waals surface area (Å²) in [7, 11) is 0. The van der Waals surface area contributed by atoms with Gasteiger partial charge in [-0.1, -0.05) is 0 Å². The summed E-state index contributed by atoms with van der Waals surface area (Å²) in [5.74, 6) is 1.47. The summed E-state index contributed by atoms with van der Waals surface area (Å²) in [5, 5.41) is 13.1. The van der Waals surface area contributed by atoms with Crippen LogP contribution in [0.5, 0.6) is 17.2 Å². The SMILES string of the molecule is Oc1cc2c(cc1CNCc1ccoc1)OCO2. The molecular weight excluding hydrogens is 234 g/mol. The molecule has 5 heteroatoms. The van der Waals surface area contributed by atoms with Crippen molar-refractivity contribution in [2.75, 3.05) is 6.79 Å². The lowest BCUT2D eigenvalue weighted by atomic mass is 10.1. The molecule has 3 rings (SSSR count). The molecule has 94 valence electrons. The van der Waals surface area contributed by atoms with E-state index in [1.807, 2.05) is 6.07 Å². The van der Waals surface area contributed by atoms with Gasteiger partial charge in [0.15, 0.2) is 11.5 Å². The minimum Gasteiger partial charge on any atom is -0.507 e. The summed E-state index contributed by atoms with van der Waals surface area (Å²) < 4.78 is 15.4. The van der Waals surface area contributed by atoms with E-state index in [2.05, 4.69) is 5.32 Å². The summed E-state index contributed by atoms with van der Waals surface area (Å²) in [6.45, 7) is 1.44. The lowest BCUT2D eigenvalue weighted by molar-refractivity contribution is 0.174. The quantitative estimate of drug-likeness (QED) is 0.865. The molecule has 1 aliphatic heterocycles. The lowest BCUT2D eigenvalue weighted by Gasteiger charge is -2.07. The normalized spacial score (nSPS) is 12.9. The number of hydrogen-bond acceptors (Lipinski definition) is 5. The Hall–Kier alpha value is -2.14. The van der Waals surface area contributed by atoms with Gasteiger partial charge in [-0.25, -0.2) is 0 Å². The number of aromatic hydroxyl groups is 1. The van der Waals surface area contributed by atoms with Crippen LogP contribution in [-0.2, 0) is 13.1 Å². The topological polar surface area (TPSA) is 63.9 Å². The minimum atomic E-state index is 0.207. The van der Waals surface area contributed by atoms with Crippen LogP contribution in [0.2, 0.25) is 0 Å². The third-order valence-corrected chi connectivity index (χ3v) is 2.80. The molecule has 2 aromatic rings. The fourth-order valence-electron chi connectivity index (χ4n) is 1.85. The smallest absolute Gasteiger partial charge is 0.231 e. The van der Waals surface area contributed by atoms with E-state index in [4.69, 9.17) is 13.9 Å². The van der Waals surface area contributed by atoms with Crippen molar-refractivity contribution >= 4 is 0 Å². The first-order valence-corrected chi connectivity index (χ1v) is 5.66. The van der Waals surface area contributed by atoms with Crippen molar-refractivity contribution in [3.63, 3.8) is 0 Å². The largest absolute Gasteiger partial charge is 0.507 e. The molecule has 5 nitrogen and oxygen atoms in total. The standard InChI is InChI=1S/C13H13NO4/c15-11-4-13-12(17-8-18-13)3-10(11)6-14-5-9-1-2-16-7-9/h1-4,7,14-15H,5-6,8H2. The van der Waals surface area contributed by atoms with Crippen LogP contribution in [0.1, 0.15) is 11.1 Å². The van der Waals surface area contributed by atoms with Crippen LogP contribution in [0.25, 0.3) is 0 Å². The molecule has 0 bridgehead atoms. The van der Waals surface area contributed by atoms with Crippen LogP contribution >= 0.6 is 0 Å². The van der Waals surface area contributed by atoms with E-state index in [-0.39, 0.29) is 12.5 Å². The number of fused-ring (bicyclic) bond motifs is 1. The van der Waals surface area contributed by atoms with Crippen LogP contribution in [-0.4, -0.2) is 11.9 Å². The zero-order chi connectivity index (χ0) is 12.4. The van der Waals surface area contributed by atoms with Crippen LogP contribution in [0.4, 0.5) is 0 Å². The van der Waals surface area contributed by atoms with Crippen LogP contribution in [0.3, 0.4) is 0 Å². The zero-order valence-electron chi connectivity index (χ0n) is 9.68. The molecule has 0 atom stereocenters. The van der Waals surface area contributed by atoms with Crippen molar-refractivity contribution in [3.05, 3.63) is 41.9 Å². The van der Waals surface area contributed by atoms with Crippen molar-refractivity contribution in [3.8, 4) is 17.2 Å². The third-order valence-electron chi connectivity index (χ3n) is 2.80. The first kappa shape index (κ1) is 11.0. The van der Waals surface area contributed by atoms with Gasteiger partial charge in [-0.15, -0.1) is 0 Å².